The molecule has 9 heteroatoms. The lowest BCUT2D eigenvalue weighted by molar-refractivity contribution is 0.0529. The number of hydrogen-bond donors (Lipinski definition) is 3. The number of amides is 1. The van der Waals surface area contributed by atoms with Gasteiger partial charge in [-0.25, -0.2) is 9.18 Å². The van der Waals surface area contributed by atoms with E-state index in [1.165, 1.54) is 12.1 Å². The smallest absolute Gasteiger partial charge is 0.407 e. The number of aliphatic imine (C=N–C) groups is 1. The summed E-state index contributed by atoms with van der Waals surface area (Å²) in [6.07, 6.45) is -0.644. The number of rotatable bonds is 7. The van der Waals surface area contributed by atoms with E-state index in [1.807, 2.05) is 27.7 Å². The summed E-state index contributed by atoms with van der Waals surface area (Å²) in [6.45, 7) is 8.66. The number of halogens is 2. The van der Waals surface area contributed by atoms with Gasteiger partial charge in [0.05, 0.1) is 6.54 Å². The molecule has 0 aliphatic rings. The Balaban J connectivity index is 0.00000676. The molecule has 7 nitrogen and oxygen atoms in total. The van der Waals surface area contributed by atoms with Gasteiger partial charge in [0.25, 0.3) is 0 Å². The fourth-order valence-electron chi connectivity index (χ4n) is 1.93. The molecular weight excluding hydrogens is 466 g/mol. The number of nitrogens with zero attached hydrogens (tertiary/aromatic N) is 1. The first kappa shape index (κ1) is 25.2. The first-order valence-corrected chi connectivity index (χ1v) is 8.53. The van der Waals surface area contributed by atoms with Crippen molar-refractivity contribution >= 4 is 36.0 Å². The Labute approximate surface area is 177 Å². The maximum absolute atomic E-state index is 13.1. The van der Waals surface area contributed by atoms with E-state index >= 15 is 0 Å². The van der Waals surface area contributed by atoms with Crippen molar-refractivity contribution < 1.29 is 18.7 Å². The van der Waals surface area contributed by atoms with Crippen LogP contribution in [0.25, 0.3) is 0 Å². The van der Waals surface area contributed by atoms with Crippen molar-refractivity contribution in [3.05, 3.63) is 30.1 Å². The van der Waals surface area contributed by atoms with Crippen LogP contribution in [0.1, 0.15) is 27.7 Å². The van der Waals surface area contributed by atoms with E-state index in [0.29, 0.717) is 31.3 Å². The molecule has 1 amide bonds. The maximum atomic E-state index is 13.1. The van der Waals surface area contributed by atoms with Crippen molar-refractivity contribution in [3.63, 3.8) is 0 Å². The Hall–Kier alpha value is -1.78. The van der Waals surface area contributed by atoms with Crippen molar-refractivity contribution in [1.29, 1.82) is 0 Å². The molecule has 0 bridgehead atoms. The van der Waals surface area contributed by atoms with E-state index in [9.17, 15) is 9.18 Å². The second-order valence-corrected chi connectivity index (χ2v) is 6.69. The van der Waals surface area contributed by atoms with Crippen molar-refractivity contribution in [3.8, 4) is 5.75 Å². The van der Waals surface area contributed by atoms with Gasteiger partial charge in [0.15, 0.2) is 5.96 Å². The van der Waals surface area contributed by atoms with Crippen LogP contribution in [0.15, 0.2) is 29.3 Å². The van der Waals surface area contributed by atoms with Gasteiger partial charge in [-0.15, -0.1) is 24.0 Å². The van der Waals surface area contributed by atoms with Gasteiger partial charge in [0.1, 0.15) is 23.3 Å². The third-order valence-corrected chi connectivity index (χ3v) is 3.00. The number of nitrogens with one attached hydrogen (secondary N) is 3. The number of ether oxygens (including phenoxy) is 2. The maximum Gasteiger partial charge on any atom is 0.407 e. The average molecular weight is 496 g/mol. The Morgan fingerprint density at radius 2 is 1.89 bits per heavy atom. The SMILES string of the molecule is CN=C(NCCNC(=O)OC(C)(C)C)NCC(C)Oc1cccc(F)c1.I. The minimum Gasteiger partial charge on any atom is -0.489 e. The zero-order valence-corrected chi connectivity index (χ0v) is 18.8. The molecule has 154 valence electrons. The van der Waals surface area contributed by atoms with Gasteiger partial charge in [0, 0.05) is 26.2 Å². The van der Waals surface area contributed by atoms with E-state index < -0.39 is 11.7 Å². The van der Waals surface area contributed by atoms with E-state index in [-0.39, 0.29) is 35.9 Å². The number of carbonyl (C=O) groups excluding carboxylic acids is 1. The predicted octanol–water partition coefficient (Wildman–Crippen LogP) is 2.90. The fourth-order valence-corrected chi connectivity index (χ4v) is 1.93. The summed E-state index contributed by atoms with van der Waals surface area (Å²) in [6, 6.07) is 6.01. The fraction of sp³-hybridized carbons (Fsp3) is 0.556. The highest BCUT2D eigenvalue weighted by atomic mass is 127. The van der Waals surface area contributed by atoms with Gasteiger partial charge in [-0.05, 0) is 39.8 Å². The highest BCUT2D eigenvalue weighted by Gasteiger charge is 2.15. The molecule has 0 aliphatic carbocycles. The van der Waals surface area contributed by atoms with Crippen molar-refractivity contribution in [1.82, 2.24) is 16.0 Å². The summed E-state index contributed by atoms with van der Waals surface area (Å²) >= 11 is 0. The normalized spacial score (nSPS) is 12.4. The van der Waals surface area contributed by atoms with E-state index in [2.05, 4.69) is 20.9 Å². The molecule has 0 aromatic heterocycles. The van der Waals surface area contributed by atoms with Gasteiger partial charge < -0.3 is 25.4 Å². The monoisotopic (exact) mass is 496 g/mol. The van der Waals surface area contributed by atoms with E-state index in [0.717, 1.165) is 0 Å². The van der Waals surface area contributed by atoms with Gasteiger partial charge in [-0.2, -0.15) is 0 Å². The van der Waals surface area contributed by atoms with Gasteiger partial charge in [-0.3, -0.25) is 4.99 Å². The highest BCUT2D eigenvalue weighted by Crippen LogP contribution is 2.13. The highest BCUT2D eigenvalue weighted by molar-refractivity contribution is 14.0. The third-order valence-electron chi connectivity index (χ3n) is 3.00. The van der Waals surface area contributed by atoms with Crippen LogP contribution in [0.5, 0.6) is 5.75 Å². The molecule has 0 fully saturated rings. The second-order valence-electron chi connectivity index (χ2n) is 6.69. The minimum atomic E-state index is -0.521. The van der Waals surface area contributed by atoms with Crippen molar-refractivity contribution in [2.45, 2.75) is 39.4 Å². The number of alkyl carbamates (subject to hydrolysis) is 1. The lowest BCUT2D eigenvalue weighted by atomic mass is 10.2. The molecule has 0 saturated heterocycles. The molecule has 0 aliphatic heterocycles. The number of guanidine groups is 1. The first-order chi connectivity index (χ1) is 12.2. The van der Waals surface area contributed by atoms with Gasteiger partial charge in [-0.1, -0.05) is 6.07 Å². The molecule has 1 aromatic rings. The van der Waals surface area contributed by atoms with Crippen LogP contribution in [0.2, 0.25) is 0 Å². The van der Waals surface area contributed by atoms with Crippen LogP contribution in [-0.2, 0) is 4.74 Å². The number of carbonyl (C=O) groups is 1. The Morgan fingerprint density at radius 3 is 2.48 bits per heavy atom. The van der Waals surface area contributed by atoms with Gasteiger partial charge in [0.2, 0.25) is 0 Å². The molecule has 0 radical (unpaired) electrons. The second kappa shape index (κ2) is 12.6. The summed E-state index contributed by atoms with van der Waals surface area (Å²) in [5, 5.41) is 8.83. The first-order valence-electron chi connectivity index (χ1n) is 8.53. The zero-order chi connectivity index (χ0) is 19.6. The van der Waals surface area contributed by atoms with Crippen molar-refractivity contribution in [2.24, 2.45) is 4.99 Å². The summed E-state index contributed by atoms with van der Waals surface area (Å²) in [5.41, 5.74) is -0.521. The molecule has 0 heterocycles. The number of benzene rings is 1. The molecule has 27 heavy (non-hydrogen) atoms. The summed E-state index contributed by atoms with van der Waals surface area (Å²) in [7, 11) is 1.65. The number of hydrogen-bond acceptors (Lipinski definition) is 4. The summed E-state index contributed by atoms with van der Waals surface area (Å²) in [4.78, 5) is 15.6. The molecule has 0 saturated carbocycles. The summed E-state index contributed by atoms with van der Waals surface area (Å²) < 4.78 is 23.9. The van der Waals surface area contributed by atoms with E-state index in [1.54, 1.807) is 19.2 Å². The largest absolute Gasteiger partial charge is 0.489 e. The molecule has 3 N–H and O–H groups in total. The lowest BCUT2D eigenvalue weighted by Crippen LogP contribution is -2.44. The Kier molecular flexibility index (Phi) is 11.7. The standard InChI is InChI=1S/C18H29FN4O3.HI/c1-13(25-15-8-6-7-14(19)11-15)12-23-16(20-5)21-9-10-22-17(24)26-18(2,3)4;/h6-8,11,13H,9-10,12H2,1-5H3,(H,22,24)(H2,20,21,23);1H. The molecule has 1 atom stereocenters. The van der Waals surface area contributed by atoms with E-state index in [4.69, 9.17) is 9.47 Å². The molecule has 1 unspecified atom stereocenters. The lowest BCUT2D eigenvalue weighted by Gasteiger charge is -2.20. The molecule has 0 spiro atoms. The van der Waals surface area contributed by atoms with Gasteiger partial charge >= 0.3 is 6.09 Å². The Bertz CT molecular complexity index is 609. The van der Waals surface area contributed by atoms with Crippen LogP contribution in [0, 0.1) is 5.82 Å². The zero-order valence-electron chi connectivity index (χ0n) is 16.5. The minimum absolute atomic E-state index is 0. The quantitative estimate of drug-likeness (QED) is 0.234. The van der Waals surface area contributed by atoms with Crippen LogP contribution in [-0.4, -0.2) is 50.4 Å². The Morgan fingerprint density at radius 1 is 1.22 bits per heavy atom. The van der Waals surface area contributed by atoms with Crippen LogP contribution in [0.3, 0.4) is 0 Å². The van der Waals surface area contributed by atoms with Crippen LogP contribution >= 0.6 is 24.0 Å². The van der Waals surface area contributed by atoms with Crippen LogP contribution in [0.4, 0.5) is 9.18 Å². The average Bonchev–Trinajstić information content (AvgIpc) is 2.52. The topological polar surface area (TPSA) is 84.0 Å². The van der Waals surface area contributed by atoms with Crippen molar-refractivity contribution in [2.75, 3.05) is 26.7 Å². The van der Waals surface area contributed by atoms with Crippen LogP contribution < -0.4 is 20.7 Å². The molecular formula is C18H30FIN4O3. The third kappa shape index (κ3) is 12.3. The molecule has 1 rings (SSSR count). The molecule has 1 aromatic carbocycles. The predicted molar refractivity (Wildman–Crippen MR) is 116 cm³/mol. The summed E-state index contributed by atoms with van der Waals surface area (Å²) in [5.74, 6) is 0.715.